The lowest BCUT2D eigenvalue weighted by Crippen LogP contribution is -1.92. The Labute approximate surface area is 280 Å². The lowest BCUT2D eigenvalue weighted by atomic mass is 9.83. The lowest BCUT2D eigenvalue weighted by molar-refractivity contribution is 1.15. The number of aryl methyl sites for hydroxylation is 1. The zero-order valence-electron chi connectivity index (χ0n) is 26.8. The number of hydrogen-bond acceptors (Lipinski definition) is 1. The summed E-state index contributed by atoms with van der Waals surface area (Å²) in [7, 11) is 0. The molecule has 0 radical (unpaired) electrons. The van der Waals surface area contributed by atoms with Gasteiger partial charge in [0.2, 0.25) is 0 Å². The van der Waals surface area contributed by atoms with E-state index in [0.717, 1.165) is 17.7 Å². The van der Waals surface area contributed by atoms with Gasteiger partial charge in [0.25, 0.3) is 0 Å². The molecule has 1 heteroatoms. The highest BCUT2D eigenvalue weighted by Crippen LogP contribution is 2.46. The molecule has 0 saturated carbocycles. The summed E-state index contributed by atoms with van der Waals surface area (Å²) < 4.78 is 0. The Morgan fingerprint density at radius 1 is 0.396 bits per heavy atom. The van der Waals surface area contributed by atoms with Crippen LogP contribution in [0, 0.1) is 0 Å². The van der Waals surface area contributed by atoms with Gasteiger partial charge in [-0.15, -0.1) is 0 Å². The molecule has 0 aliphatic heterocycles. The van der Waals surface area contributed by atoms with Crippen LogP contribution < -0.4 is 0 Å². The minimum absolute atomic E-state index is 0.987. The number of fused-ring (bicyclic) bond motifs is 4. The Hall–Kier alpha value is -6.05. The number of benzene rings is 8. The number of rotatable bonds is 5. The van der Waals surface area contributed by atoms with Crippen molar-refractivity contribution < 1.29 is 0 Å². The molecule has 9 rings (SSSR count). The van der Waals surface area contributed by atoms with Gasteiger partial charge in [0.15, 0.2) is 0 Å². The fourth-order valence-corrected chi connectivity index (χ4v) is 7.52. The van der Waals surface area contributed by atoms with Crippen LogP contribution in [0.3, 0.4) is 0 Å². The molecule has 1 aromatic heterocycles. The molecule has 0 saturated heterocycles. The highest BCUT2D eigenvalue weighted by atomic mass is 14.7. The van der Waals surface area contributed by atoms with Crippen LogP contribution >= 0.6 is 0 Å². The lowest BCUT2D eigenvalue weighted by Gasteiger charge is -2.20. The molecular weight excluding hydrogens is 579 g/mol. The Bertz CT molecular complexity index is 2580. The van der Waals surface area contributed by atoms with Crippen molar-refractivity contribution in [2.45, 2.75) is 13.3 Å². The summed E-state index contributed by atoms with van der Waals surface area (Å²) in [6, 6.07) is 60.0. The van der Waals surface area contributed by atoms with Gasteiger partial charge in [-0.1, -0.05) is 153 Å². The SMILES string of the molecule is CCc1ccc2cc(-c3c4ccccc4c(-c4ccc(-c5ccc(-c6ccccn6)cc5)c5ccccc45)c4ccccc34)ccc2c1. The first kappa shape index (κ1) is 28.2. The molecule has 1 nitrogen and oxygen atoms in total. The number of pyridine rings is 1. The second kappa shape index (κ2) is 11.6. The van der Waals surface area contributed by atoms with Crippen molar-refractivity contribution >= 4 is 43.1 Å². The smallest absolute Gasteiger partial charge is 0.0701 e. The maximum Gasteiger partial charge on any atom is 0.0701 e. The molecule has 0 aliphatic carbocycles. The van der Waals surface area contributed by atoms with E-state index in [9.17, 15) is 0 Å². The Balaban J connectivity index is 1.26. The van der Waals surface area contributed by atoms with Crippen LogP contribution in [0.2, 0.25) is 0 Å². The zero-order chi connectivity index (χ0) is 32.0. The van der Waals surface area contributed by atoms with E-state index in [0.29, 0.717) is 0 Å². The third kappa shape index (κ3) is 4.67. The molecular formula is C47H33N. The van der Waals surface area contributed by atoms with Gasteiger partial charge in [0.1, 0.15) is 0 Å². The maximum absolute atomic E-state index is 4.54. The fraction of sp³-hybridized carbons (Fsp3) is 0.0426. The van der Waals surface area contributed by atoms with Crippen molar-refractivity contribution in [2.75, 3.05) is 0 Å². The summed E-state index contributed by atoms with van der Waals surface area (Å²) in [5.41, 5.74) is 11.0. The first-order chi connectivity index (χ1) is 23.8. The Morgan fingerprint density at radius 3 is 1.56 bits per heavy atom. The van der Waals surface area contributed by atoms with Crippen molar-refractivity contribution in [1.82, 2.24) is 4.98 Å². The minimum atomic E-state index is 0.987. The van der Waals surface area contributed by atoms with Crippen LogP contribution in [-0.4, -0.2) is 4.98 Å². The van der Waals surface area contributed by atoms with Crippen molar-refractivity contribution in [3.8, 4) is 44.6 Å². The summed E-state index contributed by atoms with van der Waals surface area (Å²) in [5, 5.41) is 10.2. The zero-order valence-corrected chi connectivity index (χ0v) is 26.8. The summed E-state index contributed by atoms with van der Waals surface area (Å²) in [6.07, 6.45) is 2.89. The molecule has 8 aromatic carbocycles. The average molecular weight is 612 g/mol. The van der Waals surface area contributed by atoms with Crippen LogP contribution in [0.4, 0.5) is 0 Å². The van der Waals surface area contributed by atoms with Gasteiger partial charge in [0, 0.05) is 11.8 Å². The molecule has 0 bridgehead atoms. The maximum atomic E-state index is 4.54. The molecule has 226 valence electrons. The molecule has 0 fully saturated rings. The normalized spacial score (nSPS) is 11.5. The van der Waals surface area contributed by atoms with Crippen LogP contribution in [0.15, 0.2) is 170 Å². The van der Waals surface area contributed by atoms with Gasteiger partial charge in [-0.25, -0.2) is 0 Å². The first-order valence-corrected chi connectivity index (χ1v) is 16.8. The van der Waals surface area contributed by atoms with Gasteiger partial charge >= 0.3 is 0 Å². The van der Waals surface area contributed by atoms with Gasteiger partial charge in [-0.2, -0.15) is 0 Å². The topological polar surface area (TPSA) is 12.9 Å². The van der Waals surface area contributed by atoms with Crippen LogP contribution in [0.1, 0.15) is 12.5 Å². The van der Waals surface area contributed by atoms with E-state index in [1.54, 1.807) is 0 Å². The van der Waals surface area contributed by atoms with Gasteiger partial charge < -0.3 is 0 Å². The van der Waals surface area contributed by atoms with Gasteiger partial charge in [-0.05, 0) is 107 Å². The standard InChI is InChI=1S/C47H33N/c1-2-31-18-19-35-30-36(25-24-34(35)29-31)46-40-13-5-7-15-42(40)47(43-16-8-6-14-41(43)46)44-27-26-37(38-11-3-4-12-39(38)44)32-20-22-33(23-21-32)45-17-9-10-28-48-45/h3-30H,2H2,1H3. The van der Waals surface area contributed by atoms with Gasteiger partial charge in [-0.3, -0.25) is 4.98 Å². The minimum Gasteiger partial charge on any atom is -0.256 e. The molecule has 1 heterocycles. The molecule has 48 heavy (non-hydrogen) atoms. The molecule has 0 N–H and O–H groups in total. The fourth-order valence-electron chi connectivity index (χ4n) is 7.52. The predicted octanol–water partition coefficient (Wildman–Crippen LogP) is 12.9. The molecule has 0 atom stereocenters. The Morgan fingerprint density at radius 2 is 0.917 bits per heavy atom. The number of aromatic nitrogens is 1. The molecule has 0 amide bonds. The van der Waals surface area contributed by atoms with Gasteiger partial charge in [0.05, 0.1) is 5.69 Å². The quantitative estimate of drug-likeness (QED) is 0.176. The van der Waals surface area contributed by atoms with Crippen molar-refractivity contribution in [1.29, 1.82) is 0 Å². The summed E-state index contributed by atoms with van der Waals surface area (Å²) in [4.78, 5) is 4.54. The molecule has 9 aromatic rings. The van der Waals surface area contributed by atoms with Crippen LogP contribution in [0.5, 0.6) is 0 Å². The molecule has 0 spiro atoms. The van der Waals surface area contributed by atoms with Crippen molar-refractivity contribution in [2.24, 2.45) is 0 Å². The van der Waals surface area contributed by atoms with E-state index in [2.05, 4.69) is 164 Å². The molecule has 0 unspecified atom stereocenters. The van der Waals surface area contributed by atoms with E-state index in [1.807, 2.05) is 18.3 Å². The monoisotopic (exact) mass is 611 g/mol. The van der Waals surface area contributed by atoms with Crippen molar-refractivity contribution in [3.05, 3.63) is 176 Å². The highest BCUT2D eigenvalue weighted by molar-refractivity contribution is 6.24. The third-order valence-corrected chi connectivity index (χ3v) is 9.88. The van der Waals surface area contributed by atoms with Crippen molar-refractivity contribution in [3.63, 3.8) is 0 Å². The van der Waals surface area contributed by atoms with E-state index < -0.39 is 0 Å². The Kier molecular flexibility index (Phi) is 6.83. The largest absolute Gasteiger partial charge is 0.256 e. The summed E-state index contributed by atoms with van der Waals surface area (Å²) in [5.74, 6) is 0. The number of hydrogen-bond donors (Lipinski definition) is 0. The van der Waals surface area contributed by atoms with Crippen LogP contribution in [-0.2, 0) is 6.42 Å². The second-order valence-corrected chi connectivity index (χ2v) is 12.6. The van der Waals surface area contributed by atoms with E-state index in [4.69, 9.17) is 0 Å². The summed E-state index contributed by atoms with van der Waals surface area (Å²) in [6.45, 7) is 2.22. The van der Waals surface area contributed by atoms with E-state index in [1.165, 1.54) is 82.0 Å². The van der Waals surface area contributed by atoms with E-state index >= 15 is 0 Å². The predicted molar refractivity (Wildman–Crippen MR) is 205 cm³/mol. The highest BCUT2D eigenvalue weighted by Gasteiger charge is 2.19. The second-order valence-electron chi connectivity index (χ2n) is 12.6. The van der Waals surface area contributed by atoms with E-state index in [-0.39, 0.29) is 0 Å². The summed E-state index contributed by atoms with van der Waals surface area (Å²) >= 11 is 0. The molecule has 0 aliphatic rings. The average Bonchev–Trinajstić information content (AvgIpc) is 3.16. The third-order valence-electron chi connectivity index (χ3n) is 9.88. The first-order valence-electron chi connectivity index (χ1n) is 16.8. The van der Waals surface area contributed by atoms with Crippen LogP contribution in [0.25, 0.3) is 87.7 Å². The number of nitrogens with zero attached hydrogens (tertiary/aromatic N) is 1.